The van der Waals surface area contributed by atoms with Gasteiger partial charge >= 0.3 is 10.4 Å². The topological polar surface area (TPSA) is 467 Å². The number of phenolic OH excluding ortho intramolecular Hbond substituents is 1. The minimum Gasteiger partial charge on any atom is -0.504 e. The van der Waals surface area contributed by atoms with E-state index in [2.05, 4.69) is 51.2 Å². The molecule has 14 N–H and O–H groups in total. The zero-order valence-corrected chi connectivity index (χ0v) is 57.5. The molecule has 2 aliphatic carbocycles. The second kappa shape index (κ2) is 33.4. The van der Waals surface area contributed by atoms with Gasteiger partial charge in [-0.15, -0.1) is 10.2 Å². The number of rotatable bonds is 18. The number of carbonyl (C=O) groups is 7. The van der Waals surface area contributed by atoms with Gasteiger partial charge in [0, 0.05) is 88.0 Å². The van der Waals surface area contributed by atoms with Crippen molar-refractivity contribution < 1.29 is 91.2 Å². The highest BCUT2D eigenvalue weighted by atomic mass is 32.3. The molecule has 2 aromatic carbocycles. The summed E-state index contributed by atoms with van der Waals surface area (Å²) < 4.78 is 43.4. The van der Waals surface area contributed by atoms with Gasteiger partial charge < -0.3 is 91.3 Å². The predicted molar refractivity (Wildman–Crippen MR) is 359 cm³/mol. The molecule has 0 radical (unpaired) electrons. The van der Waals surface area contributed by atoms with Crippen LogP contribution in [0.3, 0.4) is 0 Å². The Kier molecular flexibility index (Phi) is 25.1. The molecule has 6 heterocycles. The van der Waals surface area contributed by atoms with E-state index in [0.717, 1.165) is 106 Å². The monoisotopic (exact) mass is 1430 g/mol. The molecule has 100 heavy (non-hydrogen) atoms. The molecule has 7 amide bonds. The third-order valence-electron chi connectivity index (χ3n) is 19.8. The van der Waals surface area contributed by atoms with Gasteiger partial charge in [0.25, 0.3) is 0 Å². The van der Waals surface area contributed by atoms with Crippen LogP contribution in [-0.2, 0) is 55.1 Å². The van der Waals surface area contributed by atoms with Crippen molar-refractivity contribution >= 4 is 69.0 Å². The summed E-state index contributed by atoms with van der Waals surface area (Å²) in [5, 5.41) is 105. The van der Waals surface area contributed by atoms with E-state index in [0.29, 0.717) is 24.9 Å². The largest absolute Gasteiger partial charge is 0.504 e. The Hall–Kier alpha value is -7.64. The second-order valence-corrected chi connectivity index (χ2v) is 29.2. The van der Waals surface area contributed by atoms with Crippen LogP contribution in [0.15, 0.2) is 54.9 Å². The molecule has 10 rings (SSSR count). The molecule has 2 aromatic heterocycles. The number of aliphatic hydroxyl groups is 6. The Morgan fingerprint density at radius 1 is 0.730 bits per heavy atom. The summed E-state index contributed by atoms with van der Waals surface area (Å²) in [6.45, 7) is 3.10. The maximum absolute atomic E-state index is 14.8. The normalized spacial score (nSPS) is 28.5. The van der Waals surface area contributed by atoms with Crippen LogP contribution in [0, 0.1) is 11.8 Å². The molecule has 6 aliphatic rings. The van der Waals surface area contributed by atoms with Crippen LogP contribution in [0.1, 0.15) is 120 Å². The third kappa shape index (κ3) is 18.9. The van der Waals surface area contributed by atoms with Crippen LogP contribution in [0.2, 0.25) is 0 Å². The molecule has 13 atom stereocenters. The molecule has 4 aliphatic heterocycles. The molecule has 0 spiro atoms. The smallest absolute Gasteiger partial charge is 0.446 e. The molecule has 0 unspecified atom stereocenters. The highest BCUT2D eigenvalue weighted by Gasteiger charge is 2.50. The molecule has 2 saturated carbocycles. The molecule has 32 nitrogen and oxygen atoms in total. The summed E-state index contributed by atoms with van der Waals surface area (Å²) in [4.78, 5) is 114. The lowest BCUT2D eigenvalue weighted by Crippen LogP contribution is -2.64. The maximum atomic E-state index is 14.8. The number of ether oxygens (including phenoxy) is 1. The number of nitrogens with one attached hydrogen (secondary N) is 6. The molecule has 34 heteroatoms. The number of hydrogen-bond donors (Lipinski definition) is 14. The zero-order chi connectivity index (χ0) is 71.7. The van der Waals surface area contributed by atoms with Crippen molar-refractivity contribution in [2.24, 2.45) is 11.8 Å². The van der Waals surface area contributed by atoms with E-state index < -0.39 is 181 Å². The Morgan fingerprint density at radius 3 is 2.05 bits per heavy atom. The first-order chi connectivity index (χ1) is 47.7. The van der Waals surface area contributed by atoms with Crippen LogP contribution in [0.4, 0.5) is 5.95 Å². The van der Waals surface area contributed by atoms with Crippen molar-refractivity contribution in [1.82, 2.24) is 61.9 Å². The van der Waals surface area contributed by atoms with Crippen LogP contribution >= 0.6 is 11.3 Å². The predicted octanol–water partition coefficient (Wildman–Crippen LogP) is -0.914. The SMILES string of the molecule is CNC(=O)C[C@@H](O)[C@@H]1NC(=O)[C@H]([C@H](O)Cc2ccc(O)c(OS(=O)(=O)O)c2)NC(=O)[C@@H]2C[C@@H](O)CN2C(=O)[C@H]([C@@H](C)O)NC(=O)[C@@H](NCC2CCC(c3nnc(-c4ccc(-c5cnc(N6CCC(OC7CCCCC7)CC6)nc5)cc4)s3)CC2)C[C@@H](O)CNC(=O)[C@@H]2[C@@H](O)[C@@H](C)CN2C1=O. The Bertz CT molecular complexity index is 3630. The lowest BCUT2D eigenvalue weighted by Gasteiger charge is -2.34. The molecule has 4 saturated heterocycles. The van der Waals surface area contributed by atoms with Gasteiger partial charge in [-0.1, -0.05) is 67.9 Å². The number of carbonyl (C=O) groups excluding carboxylic acids is 7. The van der Waals surface area contributed by atoms with Crippen molar-refractivity contribution in [3.05, 3.63) is 65.4 Å². The average molecular weight is 1430 g/mol. The minimum atomic E-state index is -5.22. The number of benzene rings is 2. The number of aromatic hydroxyl groups is 1. The van der Waals surface area contributed by atoms with Gasteiger partial charge in [0.05, 0.1) is 61.3 Å². The lowest BCUT2D eigenvalue weighted by atomic mass is 9.82. The Labute approximate surface area is 582 Å². The number of aromatic nitrogens is 4. The first kappa shape index (κ1) is 75.0. The van der Waals surface area contributed by atoms with Gasteiger partial charge in [0.1, 0.15) is 40.2 Å². The summed E-state index contributed by atoms with van der Waals surface area (Å²) in [5.74, 6) is -9.41. The number of hydrogen-bond acceptors (Lipinski definition) is 25. The highest BCUT2D eigenvalue weighted by Crippen LogP contribution is 2.39. The average Bonchev–Trinajstić information content (AvgIpc) is 1.62. The first-order valence-corrected chi connectivity index (χ1v) is 36.4. The molecule has 0 bridgehead atoms. The van der Waals surface area contributed by atoms with Gasteiger partial charge in [0.2, 0.25) is 47.3 Å². The Balaban J connectivity index is 0.829. The maximum Gasteiger partial charge on any atom is 0.446 e. The Morgan fingerprint density at radius 2 is 1.38 bits per heavy atom. The number of aliphatic hydroxyl groups excluding tert-OH is 6. The van der Waals surface area contributed by atoms with Crippen molar-refractivity contribution in [1.29, 1.82) is 0 Å². The molecule has 4 aromatic rings. The fourth-order valence-electron chi connectivity index (χ4n) is 14.1. The summed E-state index contributed by atoms with van der Waals surface area (Å²) >= 11 is 1.51. The van der Waals surface area contributed by atoms with E-state index >= 15 is 0 Å². The summed E-state index contributed by atoms with van der Waals surface area (Å²) in [7, 11) is -4.00. The number of fused-ring (bicyclic) bond motifs is 2. The first-order valence-electron chi connectivity index (χ1n) is 34.2. The summed E-state index contributed by atoms with van der Waals surface area (Å²) in [6, 6.07) is -0.109. The number of anilines is 1. The van der Waals surface area contributed by atoms with Crippen LogP contribution < -0.4 is 41.0 Å². The van der Waals surface area contributed by atoms with E-state index in [9.17, 15) is 82.3 Å². The van der Waals surface area contributed by atoms with Gasteiger partial charge in [-0.2, -0.15) is 8.42 Å². The molecular weight excluding hydrogens is 1340 g/mol. The number of phenols is 1. The van der Waals surface area contributed by atoms with E-state index in [4.69, 9.17) is 14.7 Å². The zero-order valence-electron chi connectivity index (χ0n) is 55.9. The number of piperidine rings is 1. The van der Waals surface area contributed by atoms with Crippen LogP contribution in [-0.4, -0.2) is 251 Å². The highest BCUT2D eigenvalue weighted by molar-refractivity contribution is 7.81. The van der Waals surface area contributed by atoms with Gasteiger partial charge in [0.15, 0.2) is 11.5 Å². The lowest BCUT2D eigenvalue weighted by molar-refractivity contribution is -0.147. The van der Waals surface area contributed by atoms with Crippen molar-refractivity contribution in [3.63, 3.8) is 0 Å². The summed E-state index contributed by atoms with van der Waals surface area (Å²) in [6.07, 6.45) is 2.23. The van der Waals surface area contributed by atoms with Crippen molar-refractivity contribution in [3.8, 4) is 33.2 Å². The van der Waals surface area contributed by atoms with E-state index in [1.807, 2.05) is 36.7 Å². The van der Waals surface area contributed by atoms with Gasteiger partial charge in [-0.05, 0) is 100 Å². The van der Waals surface area contributed by atoms with Crippen LogP contribution in [0.25, 0.3) is 21.7 Å². The fraction of sp³-hybridized carbons (Fsp3) is 0.621. The fourth-order valence-corrected chi connectivity index (χ4v) is 15.5. The quantitative estimate of drug-likeness (QED) is 0.0536. The number of nitrogens with zero attached hydrogens (tertiary/aromatic N) is 7. The molecule has 6 fully saturated rings. The van der Waals surface area contributed by atoms with Gasteiger partial charge in [-0.25, -0.2) is 9.97 Å². The molecular formula is C66H91N13O19S2. The van der Waals surface area contributed by atoms with Crippen molar-refractivity contribution in [2.45, 2.75) is 201 Å². The second-order valence-electron chi connectivity index (χ2n) is 27.2. The third-order valence-corrected chi connectivity index (χ3v) is 21.4. The van der Waals surface area contributed by atoms with Crippen molar-refractivity contribution in [2.75, 3.05) is 51.2 Å². The van der Waals surface area contributed by atoms with E-state index in [1.54, 1.807) is 0 Å². The summed E-state index contributed by atoms with van der Waals surface area (Å²) in [5.41, 5.74) is 2.65. The number of β-amino-alcohol motifs (C(OH)–C–C–N with tert-alkyl or cyclic N) is 1. The van der Waals surface area contributed by atoms with E-state index in [1.165, 1.54) is 51.5 Å². The van der Waals surface area contributed by atoms with Crippen LogP contribution in [0.5, 0.6) is 11.5 Å². The van der Waals surface area contributed by atoms with Gasteiger partial charge in [-0.3, -0.25) is 38.1 Å². The number of amides is 7. The minimum absolute atomic E-state index is 0.0178. The standard InChI is InChI=1S/C66H91N13O19S2/c1-34-32-79-56(57(34)87)61(91)69-31-42(81)25-46(68-28-36-9-12-39(13-10-36)62-75-76-63(99-62)40-16-14-38(15-17-40)41-29-70-66(71-30-41)77-21-19-45(20-22-77)97-44-7-5-4-6-8-44)58(88)72-53(35(2)80)64(92)78-33-43(82)26-47(78)59(89)73-54(60(90)74-55(65(79)93)50(85)27-52(86)67-3)49(84)23-37-11-18-48(83)51(24-37)98-100(94,95)96/h11,14-18,24,29-30,34-36,39,42-47,49-50,53-57,68,80-85,87H,4-10,12-13,19-23,25-28,31-33H2,1-3H3,(H,67,86)(H,69,91)(H,72,88)(H,73,89)(H,74,90)(H,94,95,96)/t34-,35+,36?,39?,42+,43+,46-,47-,49+,50+,53-,54-,55-,56-,57-/m0/s1. The molecule has 546 valence electrons. The van der Waals surface area contributed by atoms with E-state index in [-0.39, 0.29) is 36.6 Å².